The molecule has 2 aromatic heterocycles. The van der Waals surface area contributed by atoms with Crippen molar-refractivity contribution in [3.05, 3.63) is 52.5 Å². The standard InChI is InChI=1S/C14H10N2O4S/c17-14(18)9-2-1-3-11(6-9)19-7-12-15-13(20-16-12)10-4-5-21-8-10/h1-6,8H,7H2,(H,17,18). The molecule has 0 aliphatic rings. The van der Waals surface area contributed by atoms with Crippen LogP contribution >= 0.6 is 11.3 Å². The van der Waals surface area contributed by atoms with Crippen molar-refractivity contribution in [2.75, 3.05) is 0 Å². The molecule has 0 bridgehead atoms. The van der Waals surface area contributed by atoms with Gasteiger partial charge in [0.05, 0.1) is 11.1 Å². The van der Waals surface area contributed by atoms with Gasteiger partial charge in [0.25, 0.3) is 5.89 Å². The van der Waals surface area contributed by atoms with Crippen molar-refractivity contribution >= 4 is 17.3 Å². The van der Waals surface area contributed by atoms with Crippen LogP contribution in [0.3, 0.4) is 0 Å². The molecule has 0 aliphatic carbocycles. The van der Waals surface area contributed by atoms with Crippen LogP contribution in [0.1, 0.15) is 16.2 Å². The Kier molecular flexibility index (Phi) is 3.65. The number of hydrogen-bond donors (Lipinski definition) is 1. The number of hydrogen-bond acceptors (Lipinski definition) is 6. The Bertz CT molecular complexity index is 752. The number of carbonyl (C=O) groups is 1. The van der Waals surface area contributed by atoms with Crippen molar-refractivity contribution in [3.63, 3.8) is 0 Å². The third-order valence-electron chi connectivity index (χ3n) is 2.69. The second kappa shape index (κ2) is 5.76. The lowest BCUT2D eigenvalue weighted by molar-refractivity contribution is 0.0696. The molecular weight excluding hydrogens is 292 g/mol. The summed E-state index contributed by atoms with van der Waals surface area (Å²) >= 11 is 1.54. The number of benzene rings is 1. The highest BCUT2D eigenvalue weighted by Gasteiger charge is 2.10. The van der Waals surface area contributed by atoms with Crippen molar-refractivity contribution in [2.45, 2.75) is 6.61 Å². The molecule has 7 heteroatoms. The average Bonchev–Trinajstić information content (AvgIpc) is 3.16. The molecule has 0 fully saturated rings. The topological polar surface area (TPSA) is 85.5 Å². The number of aromatic carboxylic acids is 1. The second-order valence-corrected chi connectivity index (χ2v) is 4.93. The molecular formula is C14H10N2O4S. The van der Waals surface area contributed by atoms with E-state index in [1.807, 2.05) is 16.8 Å². The third-order valence-corrected chi connectivity index (χ3v) is 3.37. The summed E-state index contributed by atoms with van der Waals surface area (Å²) < 4.78 is 10.6. The van der Waals surface area contributed by atoms with Crippen LogP contribution in [0.4, 0.5) is 0 Å². The number of ether oxygens (including phenoxy) is 1. The lowest BCUT2D eigenvalue weighted by atomic mass is 10.2. The van der Waals surface area contributed by atoms with E-state index in [9.17, 15) is 4.79 Å². The number of aromatic nitrogens is 2. The van der Waals surface area contributed by atoms with Crippen LogP contribution in [0.25, 0.3) is 11.5 Å². The van der Waals surface area contributed by atoms with E-state index in [2.05, 4.69) is 10.1 Å². The quantitative estimate of drug-likeness (QED) is 0.779. The summed E-state index contributed by atoms with van der Waals surface area (Å²) in [5, 5.41) is 16.6. The molecule has 21 heavy (non-hydrogen) atoms. The summed E-state index contributed by atoms with van der Waals surface area (Å²) in [4.78, 5) is 15.1. The van der Waals surface area contributed by atoms with Gasteiger partial charge in [-0.15, -0.1) is 0 Å². The monoisotopic (exact) mass is 302 g/mol. The van der Waals surface area contributed by atoms with Crippen LogP contribution in [0, 0.1) is 0 Å². The van der Waals surface area contributed by atoms with Crippen molar-refractivity contribution < 1.29 is 19.2 Å². The van der Waals surface area contributed by atoms with Gasteiger partial charge in [0, 0.05) is 5.38 Å². The van der Waals surface area contributed by atoms with Gasteiger partial charge >= 0.3 is 5.97 Å². The first kappa shape index (κ1) is 13.3. The first-order valence-corrected chi connectivity index (χ1v) is 6.98. The molecule has 0 radical (unpaired) electrons. The molecule has 1 N–H and O–H groups in total. The SMILES string of the molecule is O=C(O)c1cccc(OCc2noc(-c3ccsc3)n2)c1. The molecule has 6 nitrogen and oxygen atoms in total. The predicted molar refractivity (Wildman–Crippen MR) is 75.3 cm³/mol. The van der Waals surface area contributed by atoms with E-state index < -0.39 is 5.97 Å². The van der Waals surface area contributed by atoms with Crippen LogP contribution in [-0.2, 0) is 6.61 Å². The summed E-state index contributed by atoms with van der Waals surface area (Å²) in [6.07, 6.45) is 0. The van der Waals surface area contributed by atoms with E-state index in [4.69, 9.17) is 14.4 Å². The predicted octanol–water partition coefficient (Wildman–Crippen LogP) is 3.08. The smallest absolute Gasteiger partial charge is 0.335 e. The van der Waals surface area contributed by atoms with E-state index in [0.717, 1.165) is 5.56 Å². The highest BCUT2D eigenvalue weighted by atomic mass is 32.1. The highest BCUT2D eigenvalue weighted by molar-refractivity contribution is 7.08. The van der Waals surface area contributed by atoms with Gasteiger partial charge in [-0.2, -0.15) is 16.3 Å². The number of thiophene rings is 1. The Balaban J connectivity index is 1.68. The molecule has 0 saturated carbocycles. The van der Waals surface area contributed by atoms with Gasteiger partial charge in [-0.25, -0.2) is 4.79 Å². The van der Waals surface area contributed by atoms with Crippen molar-refractivity contribution in [1.82, 2.24) is 10.1 Å². The van der Waals surface area contributed by atoms with Crippen LogP contribution in [0.5, 0.6) is 5.75 Å². The third kappa shape index (κ3) is 3.09. The lowest BCUT2D eigenvalue weighted by Gasteiger charge is -2.03. The number of nitrogens with zero attached hydrogens (tertiary/aromatic N) is 2. The molecule has 106 valence electrons. The maximum atomic E-state index is 10.9. The van der Waals surface area contributed by atoms with Crippen LogP contribution in [-0.4, -0.2) is 21.2 Å². The minimum absolute atomic E-state index is 0.108. The van der Waals surface area contributed by atoms with Gasteiger partial charge in [0.15, 0.2) is 6.61 Å². The van der Waals surface area contributed by atoms with Crippen molar-refractivity contribution in [2.24, 2.45) is 0 Å². The van der Waals surface area contributed by atoms with E-state index in [1.165, 1.54) is 12.1 Å². The summed E-state index contributed by atoms with van der Waals surface area (Å²) in [5.74, 6) is 0.280. The fraction of sp³-hybridized carbons (Fsp3) is 0.0714. The maximum absolute atomic E-state index is 10.9. The molecule has 0 atom stereocenters. The Labute approximate surface area is 123 Å². The average molecular weight is 302 g/mol. The van der Waals surface area contributed by atoms with E-state index >= 15 is 0 Å². The number of carboxylic acids is 1. The zero-order valence-corrected chi connectivity index (χ0v) is 11.5. The van der Waals surface area contributed by atoms with Gasteiger partial charge in [-0.3, -0.25) is 0 Å². The molecule has 0 spiro atoms. The largest absolute Gasteiger partial charge is 0.485 e. The van der Waals surface area contributed by atoms with Gasteiger partial charge in [0.2, 0.25) is 5.82 Å². The molecule has 3 aromatic rings. The van der Waals surface area contributed by atoms with Gasteiger partial charge in [-0.05, 0) is 29.6 Å². The Hall–Kier alpha value is -2.67. The molecule has 2 heterocycles. The van der Waals surface area contributed by atoms with Crippen molar-refractivity contribution in [1.29, 1.82) is 0 Å². The zero-order chi connectivity index (χ0) is 14.7. The molecule has 0 aliphatic heterocycles. The van der Waals surface area contributed by atoms with Crippen molar-refractivity contribution in [3.8, 4) is 17.2 Å². The molecule has 0 unspecified atom stereocenters. The van der Waals surface area contributed by atoms with Gasteiger partial charge in [0.1, 0.15) is 5.75 Å². The second-order valence-electron chi connectivity index (χ2n) is 4.15. The van der Waals surface area contributed by atoms with Gasteiger partial charge in [-0.1, -0.05) is 11.2 Å². The highest BCUT2D eigenvalue weighted by Crippen LogP contribution is 2.20. The molecule has 0 amide bonds. The lowest BCUT2D eigenvalue weighted by Crippen LogP contribution is -2.00. The fourth-order valence-corrected chi connectivity index (χ4v) is 2.31. The van der Waals surface area contributed by atoms with E-state index in [0.29, 0.717) is 17.5 Å². The maximum Gasteiger partial charge on any atom is 0.335 e. The van der Waals surface area contributed by atoms with E-state index in [-0.39, 0.29) is 12.2 Å². The van der Waals surface area contributed by atoms with E-state index in [1.54, 1.807) is 23.5 Å². The first-order chi connectivity index (χ1) is 10.2. The Morgan fingerprint density at radius 1 is 1.38 bits per heavy atom. The normalized spacial score (nSPS) is 10.5. The molecule has 0 saturated heterocycles. The molecule has 1 aromatic carbocycles. The molecule has 3 rings (SSSR count). The van der Waals surface area contributed by atoms with Crippen LogP contribution in [0.2, 0.25) is 0 Å². The van der Waals surface area contributed by atoms with Gasteiger partial charge < -0.3 is 14.4 Å². The Morgan fingerprint density at radius 2 is 2.29 bits per heavy atom. The zero-order valence-electron chi connectivity index (χ0n) is 10.7. The first-order valence-electron chi connectivity index (χ1n) is 6.04. The fourth-order valence-electron chi connectivity index (χ4n) is 1.68. The Morgan fingerprint density at radius 3 is 3.05 bits per heavy atom. The summed E-state index contributed by atoms with van der Waals surface area (Å²) in [5.41, 5.74) is 1.03. The minimum atomic E-state index is -1.00. The van der Waals surface area contributed by atoms with Crippen LogP contribution < -0.4 is 4.74 Å². The minimum Gasteiger partial charge on any atom is -0.485 e. The summed E-state index contributed by atoms with van der Waals surface area (Å²) in [7, 11) is 0. The number of rotatable bonds is 5. The van der Waals surface area contributed by atoms with Crippen LogP contribution in [0.15, 0.2) is 45.6 Å². The number of carboxylic acid groups (broad SMARTS) is 1. The summed E-state index contributed by atoms with van der Waals surface area (Å²) in [6, 6.07) is 8.12. The summed E-state index contributed by atoms with van der Waals surface area (Å²) in [6.45, 7) is 0.108.